The first-order chi connectivity index (χ1) is 7.13. The van der Waals surface area contributed by atoms with E-state index in [1.54, 1.807) is 31.1 Å². The number of anilines is 1. The number of carbonyl (C=O) groups is 1. The molecule has 1 atom stereocenters. The number of nitrogens with two attached hydrogens (primary N) is 1. The van der Waals surface area contributed by atoms with Gasteiger partial charge < -0.3 is 15.8 Å². The molecule has 1 amide bonds. The smallest absolute Gasteiger partial charge is 0.241 e. The predicted octanol–water partition coefficient (Wildman–Crippen LogP) is 0.237. The molecule has 1 rings (SSSR count). The minimum atomic E-state index is -0.521. The van der Waals surface area contributed by atoms with Crippen LogP contribution in [0.4, 0.5) is 5.69 Å². The summed E-state index contributed by atoms with van der Waals surface area (Å²) in [5, 5.41) is 6.70. The lowest BCUT2D eigenvalue weighted by atomic mass is 10.3. The van der Waals surface area contributed by atoms with Gasteiger partial charge in [0, 0.05) is 13.3 Å². The number of nitrogens with one attached hydrogen (secondary N) is 1. The van der Waals surface area contributed by atoms with Crippen LogP contribution in [-0.2, 0) is 16.1 Å². The van der Waals surface area contributed by atoms with Gasteiger partial charge in [-0.25, -0.2) is 0 Å². The minimum absolute atomic E-state index is 0. The Labute approximate surface area is 101 Å². The fourth-order valence-corrected chi connectivity index (χ4v) is 0.991. The summed E-state index contributed by atoms with van der Waals surface area (Å²) in [7, 11) is 1.63. The minimum Gasteiger partial charge on any atom is -0.383 e. The fraction of sp³-hybridized carbons (Fsp3) is 0.556. The van der Waals surface area contributed by atoms with Crippen molar-refractivity contribution in [3.63, 3.8) is 0 Å². The van der Waals surface area contributed by atoms with Gasteiger partial charge in [-0.15, -0.1) is 12.4 Å². The summed E-state index contributed by atoms with van der Waals surface area (Å²) in [5.41, 5.74) is 6.06. The van der Waals surface area contributed by atoms with Crippen LogP contribution in [0, 0.1) is 0 Å². The molecule has 3 N–H and O–H groups in total. The maximum absolute atomic E-state index is 11.2. The van der Waals surface area contributed by atoms with Crippen LogP contribution in [0.2, 0.25) is 0 Å². The number of methoxy groups -OCH3 is 1. The van der Waals surface area contributed by atoms with Crippen molar-refractivity contribution in [2.45, 2.75) is 19.5 Å². The summed E-state index contributed by atoms with van der Waals surface area (Å²) >= 11 is 0. The molecule has 0 unspecified atom stereocenters. The molecular weight excluding hydrogens is 232 g/mol. The van der Waals surface area contributed by atoms with Crippen molar-refractivity contribution < 1.29 is 9.53 Å². The van der Waals surface area contributed by atoms with E-state index >= 15 is 0 Å². The SMILES string of the molecule is COCCn1cc(NC(=O)[C@H](C)N)cn1.Cl. The largest absolute Gasteiger partial charge is 0.383 e. The summed E-state index contributed by atoms with van der Waals surface area (Å²) in [6.45, 7) is 2.87. The van der Waals surface area contributed by atoms with Crippen LogP contribution < -0.4 is 11.1 Å². The Morgan fingerprint density at radius 2 is 2.44 bits per heavy atom. The number of nitrogens with zero attached hydrogens (tertiary/aromatic N) is 2. The molecule has 0 radical (unpaired) electrons. The van der Waals surface area contributed by atoms with Crippen molar-refractivity contribution in [2.75, 3.05) is 19.0 Å². The summed E-state index contributed by atoms with van der Waals surface area (Å²) in [6, 6.07) is -0.521. The van der Waals surface area contributed by atoms with Crippen molar-refractivity contribution in [3.8, 4) is 0 Å². The molecule has 0 spiro atoms. The number of halogens is 1. The molecule has 1 heterocycles. The van der Waals surface area contributed by atoms with Gasteiger partial charge in [0.05, 0.1) is 31.1 Å². The normalized spacial score (nSPS) is 11.7. The molecule has 16 heavy (non-hydrogen) atoms. The molecule has 1 aromatic rings. The molecule has 7 heteroatoms. The molecule has 0 aromatic carbocycles. The summed E-state index contributed by atoms with van der Waals surface area (Å²) in [6.07, 6.45) is 3.31. The van der Waals surface area contributed by atoms with E-state index in [2.05, 4.69) is 10.4 Å². The third-order valence-electron chi connectivity index (χ3n) is 1.84. The Hall–Kier alpha value is -1.11. The van der Waals surface area contributed by atoms with Crippen molar-refractivity contribution in [2.24, 2.45) is 5.73 Å². The highest BCUT2D eigenvalue weighted by Gasteiger charge is 2.08. The predicted molar refractivity (Wildman–Crippen MR) is 63.6 cm³/mol. The maximum atomic E-state index is 11.2. The van der Waals surface area contributed by atoms with Gasteiger partial charge >= 0.3 is 0 Å². The van der Waals surface area contributed by atoms with Crippen LogP contribution in [-0.4, -0.2) is 35.4 Å². The molecule has 0 saturated heterocycles. The van der Waals surface area contributed by atoms with Crippen LogP contribution in [0.3, 0.4) is 0 Å². The fourth-order valence-electron chi connectivity index (χ4n) is 0.991. The Bertz CT molecular complexity index is 327. The zero-order valence-electron chi connectivity index (χ0n) is 9.34. The first-order valence-electron chi connectivity index (χ1n) is 4.71. The van der Waals surface area contributed by atoms with Crippen molar-refractivity contribution in [1.29, 1.82) is 0 Å². The van der Waals surface area contributed by atoms with Crippen LogP contribution in [0.15, 0.2) is 12.4 Å². The topological polar surface area (TPSA) is 82.2 Å². The molecule has 92 valence electrons. The molecule has 1 aromatic heterocycles. The van der Waals surface area contributed by atoms with E-state index in [-0.39, 0.29) is 18.3 Å². The van der Waals surface area contributed by atoms with E-state index in [0.29, 0.717) is 18.8 Å². The van der Waals surface area contributed by atoms with Crippen LogP contribution in [0.1, 0.15) is 6.92 Å². The molecular formula is C9H17ClN4O2. The van der Waals surface area contributed by atoms with E-state index in [9.17, 15) is 4.79 Å². The lowest BCUT2D eigenvalue weighted by Crippen LogP contribution is -2.32. The Morgan fingerprint density at radius 3 is 3.00 bits per heavy atom. The molecule has 0 aliphatic carbocycles. The van der Waals surface area contributed by atoms with Crippen molar-refractivity contribution in [1.82, 2.24) is 9.78 Å². The molecule has 0 saturated carbocycles. The van der Waals surface area contributed by atoms with Gasteiger partial charge in [0.1, 0.15) is 0 Å². The zero-order valence-corrected chi connectivity index (χ0v) is 10.2. The van der Waals surface area contributed by atoms with Gasteiger partial charge in [-0.2, -0.15) is 5.10 Å². The van der Waals surface area contributed by atoms with Gasteiger partial charge in [-0.3, -0.25) is 9.48 Å². The Kier molecular flexibility index (Phi) is 6.71. The highest BCUT2D eigenvalue weighted by Crippen LogP contribution is 2.04. The van der Waals surface area contributed by atoms with E-state index < -0.39 is 6.04 Å². The highest BCUT2D eigenvalue weighted by atomic mass is 35.5. The molecule has 0 fully saturated rings. The van der Waals surface area contributed by atoms with Crippen LogP contribution in [0.5, 0.6) is 0 Å². The number of aromatic nitrogens is 2. The van der Waals surface area contributed by atoms with Gasteiger partial charge in [-0.05, 0) is 6.92 Å². The maximum Gasteiger partial charge on any atom is 0.241 e. The third-order valence-corrected chi connectivity index (χ3v) is 1.84. The quantitative estimate of drug-likeness (QED) is 0.782. The standard InChI is InChI=1S/C9H16N4O2.ClH/c1-7(10)9(14)12-8-5-11-13(6-8)3-4-15-2;/h5-7H,3-4,10H2,1-2H3,(H,12,14);1H/t7-;/m0./s1. The van der Waals surface area contributed by atoms with Gasteiger partial charge in [0.2, 0.25) is 5.91 Å². The second-order valence-corrected chi connectivity index (χ2v) is 3.26. The van der Waals surface area contributed by atoms with E-state index in [1.807, 2.05) is 0 Å². The Morgan fingerprint density at radius 1 is 1.75 bits per heavy atom. The second kappa shape index (κ2) is 7.21. The number of ether oxygens (including phenoxy) is 1. The monoisotopic (exact) mass is 248 g/mol. The number of carbonyl (C=O) groups excluding carboxylic acids is 1. The molecule has 0 aliphatic rings. The van der Waals surface area contributed by atoms with Gasteiger partial charge in [0.25, 0.3) is 0 Å². The average Bonchev–Trinajstić information content (AvgIpc) is 2.62. The second-order valence-electron chi connectivity index (χ2n) is 3.26. The van der Waals surface area contributed by atoms with E-state index in [1.165, 1.54) is 0 Å². The third kappa shape index (κ3) is 4.61. The Balaban J connectivity index is 0.00000225. The van der Waals surface area contributed by atoms with Gasteiger partial charge in [-0.1, -0.05) is 0 Å². The summed E-state index contributed by atoms with van der Waals surface area (Å²) in [5.74, 6) is -0.221. The molecule has 0 bridgehead atoms. The van der Waals surface area contributed by atoms with Crippen molar-refractivity contribution >= 4 is 24.0 Å². The highest BCUT2D eigenvalue weighted by molar-refractivity contribution is 5.94. The first kappa shape index (κ1) is 14.9. The summed E-state index contributed by atoms with van der Waals surface area (Å²) < 4.78 is 6.60. The lowest BCUT2D eigenvalue weighted by Gasteiger charge is -2.04. The first-order valence-corrected chi connectivity index (χ1v) is 4.71. The molecule has 0 aliphatic heterocycles. The zero-order chi connectivity index (χ0) is 11.3. The van der Waals surface area contributed by atoms with Crippen LogP contribution in [0.25, 0.3) is 0 Å². The number of rotatable bonds is 5. The number of hydrogen-bond acceptors (Lipinski definition) is 4. The number of hydrogen-bond donors (Lipinski definition) is 2. The van der Waals surface area contributed by atoms with Crippen LogP contribution >= 0.6 is 12.4 Å². The number of amides is 1. The average molecular weight is 249 g/mol. The van der Waals surface area contributed by atoms with E-state index in [4.69, 9.17) is 10.5 Å². The van der Waals surface area contributed by atoms with Gasteiger partial charge in [0.15, 0.2) is 0 Å². The molecule has 6 nitrogen and oxygen atoms in total. The summed E-state index contributed by atoms with van der Waals surface area (Å²) in [4.78, 5) is 11.2. The lowest BCUT2D eigenvalue weighted by molar-refractivity contribution is -0.117. The van der Waals surface area contributed by atoms with Crippen molar-refractivity contribution in [3.05, 3.63) is 12.4 Å². The van der Waals surface area contributed by atoms with E-state index in [0.717, 1.165) is 0 Å².